The fourth-order valence-electron chi connectivity index (χ4n) is 3.64. The van der Waals surface area contributed by atoms with Gasteiger partial charge >= 0.3 is 0 Å². The Morgan fingerprint density at radius 3 is 2.63 bits per heavy atom. The van der Waals surface area contributed by atoms with Crippen LogP contribution in [0.2, 0.25) is 0 Å². The van der Waals surface area contributed by atoms with Crippen LogP contribution in [-0.2, 0) is 10.0 Å². The third-order valence-corrected chi connectivity index (χ3v) is 6.41. The molecular weight excluding hydrogens is 402 g/mol. The van der Waals surface area contributed by atoms with Gasteiger partial charge in [-0.3, -0.25) is 5.41 Å². The van der Waals surface area contributed by atoms with Crippen molar-refractivity contribution in [1.29, 1.82) is 5.41 Å². The fraction of sp³-hybridized carbons (Fsp3) is 0.429. The van der Waals surface area contributed by atoms with Gasteiger partial charge in [-0.05, 0) is 51.1 Å². The highest BCUT2D eigenvalue weighted by Gasteiger charge is 2.30. The molecule has 1 aliphatic heterocycles. The highest BCUT2D eigenvalue weighted by Crippen LogP contribution is 2.25. The van der Waals surface area contributed by atoms with Crippen molar-refractivity contribution < 1.29 is 13.2 Å². The second kappa shape index (κ2) is 8.61. The number of ether oxygens (including phenoxy) is 1. The quantitative estimate of drug-likeness (QED) is 0.536. The number of nitrogen functional groups attached to an aromatic ring is 1. The lowest BCUT2D eigenvalue weighted by Gasteiger charge is -2.38. The van der Waals surface area contributed by atoms with Gasteiger partial charge < -0.3 is 15.4 Å². The van der Waals surface area contributed by atoms with E-state index in [1.165, 1.54) is 10.6 Å². The van der Waals surface area contributed by atoms with Gasteiger partial charge in [-0.1, -0.05) is 0 Å². The molecule has 0 spiro atoms. The molecular formula is C21H29N5O3S. The van der Waals surface area contributed by atoms with E-state index in [9.17, 15) is 8.42 Å². The number of hydrogen-bond acceptors (Lipinski definition) is 7. The van der Waals surface area contributed by atoms with Crippen molar-refractivity contribution in [3.63, 3.8) is 0 Å². The number of pyridine rings is 1. The topological polar surface area (TPSA) is 113 Å². The Bertz CT molecular complexity index is 1040. The lowest BCUT2D eigenvalue weighted by Crippen LogP contribution is -2.53. The van der Waals surface area contributed by atoms with Gasteiger partial charge in [-0.15, -0.1) is 0 Å². The Hall–Kier alpha value is -2.65. The molecule has 2 heterocycles. The van der Waals surface area contributed by atoms with Crippen molar-refractivity contribution in [2.24, 2.45) is 0 Å². The monoisotopic (exact) mass is 431 g/mol. The molecule has 2 aromatic rings. The van der Waals surface area contributed by atoms with E-state index in [1.54, 1.807) is 30.5 Å². The second-order valence-electron chi connectivity index (χ2n) is 7.86. The molecule has 1 unspecified atom stereocenters. The van der Waals surface area contributed by atoms with Crippen molar-refractivity contribution in [1.82, 2.24) is 9.29 Å². The van der Waals surface area contributed by atoms with Gasteiger partial charge in [0.25, 0.3) is 0 Å². The predicted molar refractivity (Wildman–Crippen MR) is 120 cm³/mol. The number of aromatic nitrogens is 1. The number of hydrogen-bond donors (Lipinski definition) is 2. The molecule has 30 heavy (non-hydrogen) atoms. The summed E-state index contributed by atoms with van der Waals surface area (Å²) < 4.78 is 31.1. The van der Waals surface area contributed by atoms with Crippen LogP contribution < -0.4 is 15.4 Å². The van der Waals surface area contributed by atoms with Crippen molar-refractivity contribution in [2.45, 2.75) is 32.9 Å². The van der Waals surface area contributed by atoms with Crippen LogP contribution in [0.3, 0.4) is 0 Å². The SMILES string of the molecule is CC(C)Oc1ccc(N)c(C(=N)c2ccnc(N3CCN(S(C)(=O)=O)C(C)C3)c2)c1. The fourth-order valence-corrected chi connectivity index (χ4v) is 4.78. The highest BCUT2D eigenvalue weighted by molar-refractivity contribution is 7.88. The minimum Gasteiger partial charge on any atom is -0.491 e. The normalized spacial score (nSPS) is 17.9. The molecule has 162 valence electrons. The van der Waals surface area contributed by atoms with E-state index in [2.05, 4.69) is 4.98 Å². The van der Waals surface area contributed by atoms with Crippen LogP contribution in [0.25, 0.3) is 0 Å². The van der Waals surface area contributed by atoms with Crippen LogP contribution in [0.5, 0.6) is 5.75 Å². The van der Waals surface area contributed by atoms with E-state index in [-0.39, 0.29) is 17.9 Å². The van der Waals surface area contributed by atoms with Crippen LogP contribution in [-0.4, -0.2) is 61.5 Å². The summed E-state index contributed by atoms with van der Waals surface area (Å²) in [5.74, 6) is 1.38. The first-order valence-corrected chi connectivity index (χ1v) is 11.7. The molecule has 0 amide bonds. The maximum atomic E-state index is 11.9. The van der Waals surface area contributed by atoms with Gasteiger partial charge in [-0.25, -0.2) is 13.4 Å². The van der Waals surface area contributed by atoms with Crippen LogP contribution in [0.1, 0.15) is 31.9 Å². The summed E-state index contributed by atoms with van der Waals surface area (Å²) in [4.78, 5) is 6.49. The van der Waals surface area contributed by atoms with E-state index in [1.807, 2.05) is 31.7 Å². The predicted octanol–water partition coefficient (Wildman–Crippen LogP) is 2.34. The molecule has 0 saturated carbocycles. The van der Waals surface area contributed by atoms with Gasteiger partial charge in [0.1, 0.15) is 11.6 Å². The van der Waals surface area contributed by atoms with E-state index in [0.717, 1.165) is 0 Å². The number of benzene rings is 1. The number of nitrogens with two attached hydrogens (primary N) is 1. The number of anilines is 2. The van der Waals surface area contributed by atoms with Crippen LogP contribution in [0, 0.1) is 5.41 Å². The minimum absolute atomic E-state index is 0.0239. The number of rotatable bonds is 6. The number of sulfonamides is 1. The first-order chi connectivity index (χ1) is 14.1. The number of nitrogens with one attached hydrogen (secondary N) is 1. The largest absolute Gasteiger partial charge is 0.491 e. The molecule has 9 heteroatoms. The summed E-state index contributed by atoms with van der Waals surface area (Å²) in [5.41, 5.74) is 8.20. The summed E-state index contributed by atoms with van der Waals surface area (Å²) in [6.45, 7) is 7.27. The van der Waals surface area contributed by atoms with E-state index >= 15 is 0 Å². The zero-order valence-electron chi connectivity index (χ0n) is 17.8. The van der Waals surface area contributed by atoms with Gasteiger partial charge in [0, 0.05) is 48.7 Å². The molecule has 1 aromatic heterocycles. The Morgan fingerprint density at radius 2 is 2.00 bits per heavy atom. The molecule has 3 N–H and O–H groups in total. The molecule has 8 nitrogen and oxygen atoms in total. The first kappa shape index (κ1) is 22.0. The summed E-state index contributed by atoms with van der Waals surface area (Å²) >= 11 is 0. The Morgan fingerprint density at radius 1 is 1.27 bits per heavy atom. The van der Waals surface area contributed by atoms with Crippen molar-refractivity contribution in [3.8, 4) is 5.75 Å². The lowest BCUT2D eigenvalue weighted by molar-refractivity contribution is 0.242. The summed E-state index contributed by atoms with van der Waals surface area (Å²) in [6.07, 6.45) is 2.93. The zero-order valence-corrected chi connectivity index (χ0v) is 18.6. The number of piperazine rings is 1. The molecule has 1 atom stereocenters. The maximum Gasteiger partial charge on any atom is 0.211 e. The molecule has 1 aromatic carbocycles. The summed E-state index contributed by atoms with van der Waals surface area (Å²) in [5, 5.41) is 8.69. The average Bonchev–Trinajstić information content (AvgIpc) is 2.67. The zero-order chi connectivity index (χ0) is 22.1. The minimum atomic E-state index is -3.23. The maximum absolute atomic E-state index is 11.9. The molecule has 1 saturated heterocycles. The van der Waals surface area contributed by atoms with Gasteiger partial charge in [-0.2, -0.15) is 4.31 Å². The Kier molecular flexibility index (Phi) is 6.33. The Labute approximate surface area is 178 Å². The van der Waals surface area contributed by atoms with Crippen LogP contribution in [0.15, 0.2) is 36.5 Å². The van der Waals surface area contributed by atoms with E-state index in [0.29, 0.717) is 48.0 Å². The van der Waals surface area contributed by atoms with Gasteiger partial charge in [0.2, 0.25) is 10.0 Å². The molecule has 0 aliphatic carbocycles. The molecule has 0 radical (unpaired) electrons. The average molecular weight is 432 g/mol. The smallest absolute Gasteiger partial charge is 0.211 e. The highest BCUT2D eigenvalue weighted by atomic mass is 32.2. The van der Waals surface area contributed by atoms with E-state index < -0.39 is 10.0 Å². The van der Waals surface area contributed by atoms with Crippen LogP contribution >= 0.6 is 0 Å². The number of nitrogens with zero attached hydrogens (tertiary/aromatic N) is 3. The van der Waals surface area contributed by atoms with Gasteiger partial charge in [0.15, 0.2) is 0 Å². The van der Waals surface area contributed by atoms with Gasteiger partial charge in [0.05, 0.1) is 18.1 Å². The third kappa shape index (κ3) is 4.91. The summed E-state index contributed by atoms with van der Waals surface area (Å²) in [6, 6.07) is 8.80. The van der Waals surface area contributed by atoms with Crippen molar-refractivity contribution >= 4 is 27.2 Å². The lowest BCUT2D eigenvalue weighted by atomic mass is 10.0. The Balaban J connectivity index is 1.83. The summed E-state index contributed by atoms with van der Waals surface area (Å²) in [7, 11) is -3.23. The molecule has 3 rings (SSSR count). The molecule has 0 bridgehead atoms. The third-order valence-electron chi connectivity index (χ3n) is 5.02. The standard InChI is InChI=1S/C21H29N5O3S/c1-14(2)29-17-5-6-19(22)18(12-17)21(23)16-7-8-24-20(11-16)25-9-10-26(15(3)13-25)30(4,27)28/h5-8,11-12,14-15,23H,9-10,13,22H2,1-4H3. The second-order valence-corrected chi connectivity index (χ2v) is 9.80. The first-order valence-electron chi connectivity index (χ1n) is 9.89. The van der Waals surface area contributed by atoms with Crippen molar-refractivity contribution in [3.05, 3.63) is 47.7 Å². The van der Waals surface area contributed by atoms with E-state index in [4.69, 9.17) is 15.9 Å². The van der Waals surface area contributed by atoms with Crippen molar-refractivity contribution in [2.75, 3.05) is 36.5 Å². The van der Waals surface area contributed by atoms with Crippen LogP contribution in [0.4, 0.5) is 11.5 Å². The molecule has 1 fully saturated rings. The molecule has 1 aliphatic rings.